The molecule has 1 heterocycles. The van der Waals surface area contributed by atoms with Crippen LogP contribution in [-0.4, -0.2) is 41.6 Å². The minimum atomic E-state index is -0.275. The van der Waals surface area contributed by atoms with Crippen LogP contribution < -0.4 is 15.0 Å². The van der Waals surface area contributed by atoms with Gasteiger partial charge in [-0.1, -0.05) is 24.3 Å². The molecule has 0 aliphatic carbocycles. The molecule has 0 atom stereocenters. The van der Waals surface area contributed by atoms with Gasteiger partial charge in [0.05, 0.1) is 26.5 Å². The molecular weight excluding hydrogens is 344 g/mol. The van der Waals surface area contributed by atoms with Crippen LogP contribution >= 0.6 is 0 Å². The zero-order chi connectivity index (χ0) is 19.1. The predicted molar refractivity (Wildman–Crippen MR) is 104 cm³/mol. The van der Waals surface area contributed by atoms with Crippen LogP contribution in [-0.2, 0) is 6.54 Å². The first-order valence-electron chi connectivity index (χ1n) is 8.59. The zero-order valence-corrected chi connectivity index (χ0v) is 15.1. The van der Waals surface area contributed by atoms with E-state index in [1.54, 1.807) is 19.5 Å². The molecular formula is C20H22N4O3. The number of nitrogens with one attached hydrogen (secondary N) is 2. The Morgan fingerprint density at radius 2 is 2.04 bits per heavy atom. The van der Waals surface area contributed by atoms with Crippen molar-refractivity contribution in [1.29, 1.82) is 0 Å². The molecule has 0 spiro atoms. The van der Waals surface area contributed by atoms with Gasteiger partial charge in [-0.05, 0) is 35.4 Å². The van der Waals surface area contributed by atoms with E-state index in [0.29, 0.717) is 12.2 Å². The lowest BCUT2D eigenvalue weighted by molar-refractivity contribution is 0.241. The molecule has 1 aromatic heterocycles. The Hall–Kier alpha value is -3.32. The SMILES string of the molecule is COc1cccc(CNC(=O)N(CCO)c2ccc(-c3cn[nH]c3)cc2)c1. The van der Waals surface area contributed by atoms with Gasteiger partial charge in [0, 0.05) is 24.0 Å². The molecule has 0 saturated heterocycles. The van der Waals surface area contributed by atoms with Crippen molar-refractivity contribution < 1.29 is 14.6 Å². The number of nitrogens with zero attached hydrogens (tertiary/aromatic N) is 2. The number of aliphatic hydroxyl groups is 1. The van der Waals surface area contributed by atoms with Crippen LogP contribution in [0.3, 0.4) is 0 Å². The van der Waals surface area contributed by atoms with Gasteiger partial charge in [0.25, 0.3) is 0 Å². The fourth-order valence-electron chi connectivity index (χ4n) is 2.75. The van der Waals surface area contributed by atoms with Gasteiger partial charge in [-0.2, -0.15) is 5.10 Å². The van der Waals surface area contributed by atoms with Crippen LogP contribution in [0.2, 0.25) is 0 Å². The average Bonchev–Trinajstić information content (AvgIpc) is 3.25. The summed E-state index contributed by atoms with van der Waals surface area (Å²) in [6.45, 7) is 0.441. The summed E-state index contributed by atoms with van der Waals surface area (Å²) in [5, 5.41) is 19.0. The van der Waals surface area contributed by atoms with Crippen LogP contribution in [0.15, 0.2) is 60.9 Å². The highest BCUT2D eigenvalue weighted by Gasteiger charge is 2.15. The number of aliphatic hydroxyl groups excluding tert-OH is 1. The number of aromatic nitrogens is 2. The Kier molecular flexibility index (Phi) is 6.06. The van der Waals surface area contributed by atoms with Crippen molar-refractivity contribution in [2.24, 2.45) is 0 Å². The molecule has 0 unspecified atom stereocenters. The second-order valence-electron chi connectivity index (χ2n) is 5.92. The average molecular weight is 366 g/mol. The maximum atomic E-state index is 12.6. The van der Waals surface area contributed by atoms with Crippen LogP contribution in [0.25, 0.3) is 11.1 Å². The summed E-state index contributed by atoms with van der Waals surface area (Å²) in [6.07, 6.45) is 3.54. The summed E-state index contributed by atoms with van der Waals surface area (Å²) in [4.78, 5) is 14.1. The molecule has 7 heteroatoms. The Bertz CT molecular complexity index is 863. The highest BCUT2D eigenvalue weighted by molar-refractivity contribution is 5.92. The molecule has 3 N–H and O–H groups in total. The fourth-order valence-corrected chi connectivity index (χ4v) is 2.75. The van der Waals surface area contributed by atoms with Crippen molar-refractivity contribution in [3.05, 3.63) is 66.5 Å². The zero-order valence-electron chi connectivity index (χ0n) is 15.1. The Morgan fingerprint density at radius 1 is 1.22 bits per heavy atom. The minimum Gasteiger partial charge on any atom is -0.497 e. The van der Waals surface area contributed by atoms with Crippen molar-refractivity contribution in [3.63, 3.8) is 0 Å². The maximum absolute atomic E-state index is 12.6. The first kappa shape index (κ1) is 18.5. The number of ether oxygens (including phenoxy) is 1. The molecule has 0 bridgehead atoms. The monoisotopic (exact) mass is 366 g/mol. The van der Waals surface area contributed by atoms with E-state index in [9.17, 15) is 9.90 Å². The van der Waals surface area contributed by atoms with Crippen molar-refractivity contribution in [3.8, 4) is 16.9 Å². The van der Waals surface area contributed by atoms with Crippen LogP contribution in [0.5, 0.6) is 5.75 Å². The minimum absolute atomic E-state index is 0.129. The highest BCUT2D eigenvalue weighted by atomic mass is 16.5. The number of carbonyl (C=O) groups is 1. The lowest BCUT2D eigenvalue weighted by Gasteiger charge is -2.22. The van der Waals surface area contributed by atoms with Gasteiger partial charge in [0.1, 0.15) is 5.75 Å². The quantitative estimate of drug-likeness (QED) is 0.600. The summed E-state index contributed by atoms with van der Waals surface area (Å²) in [7, 11) is 1.61. The molecule has 0 radical (unpaired) electrons. The van der Waals surface area contributed by atoms with E-state index < -0.39 is 0 Å². The summed E-state index contributed by atoms with van der Waals surface area (Å²) in [5.41, 5.74) is 3.60. The van der Waals surface area contributed by atoms with E-state index in [1.807, 2.05) is 48.5 Å². The summed E-state index contributed by atoms with van der Waals surface area (Å²) >= 11 is 0. The largest absolute Gasteiger partial charge is 0.497 e. The number of carbonyl (C=O) groups excluding carboxylic acids is 1. The summed E-state index contributed by atoms with van der Waals surface area (Å²) < 4.78 is 5.20. The third-order valence-corrected chi connectivity index (χ3v) is 4.16. The number of methoxy groups -OCH3 is 1. The van der Waals surface area contributed by atoms with E-state index in [2.05, 4.69) is 15.5 Å². The van der Waals surface area contributed by atoms with Crippen LogP contribution in [0, 0.1) is 0 Å². The second-order valence-corrected chi connectivity index (χ2v) is 5.92. The van der Waals surface area contributed by atoms with E-state index in [-0.39, 0.29) is 19.2 Å². The van der Waals surface area contributed by atoms with Crippen molar-refractivity contribution >= 4 is 11.7 Å². The number of amides is 2. The molecule has 0 aliphatic rings. The van der Waals surface area contributed by atoms with Crippen LogP contribution in [0.4, 0.5) is 10.5 Å². The van der Waals surface area contributed by atoms with Crippen LogP contribution in [0.1, 0.15) is 5.56 Å². The number of urea groups is 1. The van der Waals surface area contributed by atoms with Crippen molar-refractivity contribution in [2.45, 2.75) is 6.54 Å². The van der Waals surface area contributed by atoms with Gasteiger partial charge < -0.3 is 15.2 Å². The number of aromatic amines is 1. The normalized spacial score (nSPS) is 10.4. The van der Waals surface area contributed by atoms with Gasteiger partial charge in [0.2, 0.25) is 0 Å². The standard InChI is InChI=1S/C20H22N4O3/c1-27-19-4-2-3-15(11-19)12-21-20(26)24(9-10-25)18-7-5-16(6-8-18)17-13-22-23-14-17/h2-8,11,13-14,25H,9-10,12H2,1H3,(H,21,26)(H,22,23). The molecule has 0 saturated carbocycles. The highest BCUT2D eigenvalue weighted by Crippen LogP contribution is 2.22. The van der Waals surface area contributed by atoms with Gasteiger partial charge in [-0.15, -0.1) is 0 Å². The maximum Gasteiger partial charge on any atom is 0.322 e. The first-order chi connectivity index (χ1) is 13.2. The second kappa shape index (κ2) is 8.86. The van der Waals surface area contributed by atoms with Crippen molar-refractivity contribution in [1.82, 2.24) is 15.5 Å². The number of hydrogen-bond acceptors (Lipinski definition) is 4. The van der Waals surface area contributed by atoms with E-state index >= 15 is 0 Å². The number of rotatable bonds is 7. The Labute approximate surface area is 157 Å². The van der Waals surface area contributed by atoms with Crippen molar-refractivity contribution in [2.75, 3.05) is 25.2 Å². The summed E-state index contributed by atoms with van der Waals surface area (Å²) in [6, 6.07) is 14.8. The number of anilines is 1. The molecule has 27 heavy (non-hydrogen) atoms. The third-order valence-electron chi connectivity index (χ3n) is 4.16. The van der Waals surface area contributed by atoms with Gasteiger partial charge >= 0.3 is 6.03 Å². The molecule has 7 nitrogen and oxygen atoms in total. The van der Waals surface area contributed by atoms with E-state index in [1.165, 1.54) is 4.90 Å². The Morgan fingerprint density at radius 3 is 2.70 bits per heavy atom. The molecule has 3 aromatic rings. The molecule has 0 aliphatic heterocycles. The fraction of sp³-hybridized carbons (Fsp3) is 0.200. The number of benzene rings is 2. The smallest absolute Gasteiger partial charge is 0.322 e. The molecule has 2 aromatic carbocycles. The summed E-state index contributed by atoms with van der Waals surface area (Å²) in [5.74, 6) is 0.740. The molecule has 140 valence electrons. The van der Waals surface area contributed by atoms with E-state index in [4.69, 9.17) is 4.74 Å². The number of hydrogen-bond donors (Lipinski definition) is 3. The lowest BCUT2D eigenvalue weighted by atomic mass is 10.1. The topological polar surface area (TPSA) is 90.5 Å². The third kappa shape index (κ3) is 4.65. The Balaban J connectivity index is 1.69. The van der Waals surface area contributed by atoms with Gasteiger partial charge in [-0.25, -0.2) is 4.79 Å². The lowest BCUT2D eigenvalue weighted by Crippen LogP contribution is -2.41. The molecule has 2 amide bonds. The predicted octanol–water partition coefficient (Wildman–Crippen LogP) is 2.79. The number of H-pyrrole nitrogens is 1. The first-order valence-corrected chi connectivity index (χ1v) is 8.59. The van der Waals surface area contributed by atoms with E-state index in [0.717, 1.165) is 22.4 Å². The molecule has 0 fully saturated rings. The molecule has 3 rings (SSSR count). The van der Waals surface area contributed by atoms with Gasteiger partial charge in [-0.3, -0.25) is 10.00 Å². The van der Waals surface area contributed by atoms with Gasteiger partial charge in [0.15, 0.2) is 0 Å².